The van der Waals surface area contributed by atoms with E-state index in [1.807, 2.05) is 6.92 Å². The predicted molar refractivity (Wildman–Crippen MR) is 103 cm³/mol. The third-order valence-electron chi connectivity index (χ3n) is 3.85. The lowest BCUT2D eigenvalue weighted by Gasteiger charge is -2.35. The molecule has 8 nitrogen and oxygen atoms in total. The van der Waals surface area contributed by atoms with Gasteiger partial charge in [-0.2, -0.15) is 21.6 Å². The van der Waals surface area contributed by atoms with E-state index in [2.05, 4.69) is 52.8 Å². The summed E-state index contributed by atoms with van der Waals surface area (Å²) in [7, 11) is -7.23. The van der Waals surface area contributed by atoms with Crippen LogP contribution < -0.4 is 9.86 Å². The summed E-state index contributed by atoms with van der Waals surface area (Å²) in [5, 5.41) is 4.67. The normalized spacial score (nSPS) is 24.2. The van der Waals surface area contributed by atoms with Crippen molar-refractivity contribution in [1.29, 1.82) is 0 Å². The molecular formula is C16H36N2O6S2. The lowest BCUT2D eigenvalue weighted by atomic mass is 9.89. The summed E-state index contributed by atoms with van der Waals surface area (Å²) in [6.07, 6.45) is 3.39. The summed E-state index contributed by atoms with van der Waals surface area (Å²) in [5.74, 6) is 1.58. The number of nitrogens with two attached hydrogens (primary N) is 1. The molecule has 0 radical (unpaired) electrons. The quantitative estimate of drug-likeness (QED) is 0.625. The molecule has 1 aliphatic rings. The van der Waals surface area contributed by atoms with Crippen LogP contribution in [0.3, 0.4) is 0 Å². The second-order valence-electron chi connectivity index (χ2n) is 8.12. The van der Waals surface area contributed by atoms with Crippen molar-refractivity contribution in [2.24, 2.45) is 22.9 Å². The number of nitrogens with one attached hydrogen (secondary N) is 1. The topological polar surface area (TPSA) is 125 Å². The average molecular weight is 417 g/mol. The minimum absolute atomic E-state index is 0.187. The predicted octanol–water partition coefficient (Wildman–Crippen LogP) is 2.32. The first-order valence-corrected chi connectivity index (χ1v) is 11.9. The van der Waals surface area contributed by atoms with Gasteiger partial charge in [0.15, 0.2) is 0 Å². The van der Waals surface area contributed by atoms with Gasteiger partial charge in [0.2, 0.25) is 0 Å². The van der Waals surface area contributed by atoms with E-state index in [1.165, 1.54) is 0 Å². The van der Waals surface area contributed by atoms with Crippen molar-refractivity contribution in [3.8, 4) is 0 Å². The molecule has 158 valence electrons. The Labute approximate surface area is 159 Å². The molecule has 3 N–H and O–H groups in total. The Morgan fingerprint density at radius 3 is 2.19 bits per heavy atom. The van der Waals surface area contributed by atoms with E-state index < -0.39 is 20.6 Å². The standard InChI is InChI=1S/C8H17NO3S.C8H19NO3S/c1-7(2)6-8(3)4-5-12-13(10,11)9-8;1-7(2)6-8(3)4-5-12-13(9,10)11/h7,9H,4-6H2,1-3H3;7-8H,4-6H2,1-3H3,(H2,9,10,11). The molecule has 2 atom stereocenters. The van der Waals surface area contributed by atoms with Crippen LogP contribution >= 0.6 is 0 Å². The molecule has 0 saturated carbocycles. The fraction of sp³-hybridized carbons (Fsp3) is 1.00. The van der Waals surface area contributed by atoms with Gasteiger partial charge in [-0.25, -0.2) is 5.14 Å². The molecule has 0 aliphatic carbocycles. The molecule has 0 aromatic heterocycles. The van der Waals surface area contributed by atoms with Crippen molar-refractivity contribution in [2.45, 2.75) is 72.8 Å². The second kappa shape index (κ2) is 10.9. The number of rotatable bonds is 8. The van der Waals surface area contributed by atoms with Crippen LogP contribution in [0.4, 0.5) is 0 Å². The Morgan fingerprint density at radius 2 is 1.77 bits per heavy atom. The monoisotopic (exact) mass is 416 g/mol. The zero-order chi connectivity index (χ0) is 20.6. The van der Waals surface area contributed by atoms with Crippen molar-refractivity contribution in [3.05, 3.63) is 0 Å². The third kappa shape index (κ3) is 13.9. The van der Waals surface area contributed by atoms with E-state index in [9.17, 15) is 16.8 Å². The second-order valence-corrected chi connectivity index (χ2v) is 10.7. The van der Waals surface area contributed by atoms with Crippen molar-refractivity contribution in [3.63, 3.8) is 0 Å². The van der Waals surface area contributed by atoms with Crippen LogP contribution in [0, 0.1) is 17.8 Å². The van der Waals surface area contributed by atoms with Gasteiger partial charge in [0.25, 0.3) is 0 Å². The van der Waals surface area contributed by atoms with Gasteiger partial charge in [0.1, 0.15) is 0 Å². The van der Waals surface area contributed by atoms with Gasteiger partial charge in [-0.1, -0.05) is 34.6 Å². The van der Waals surface area contributed by atoms with E-state index in [-0.39, 0.29) is 12.1 Å². The fourth-order valence-corrected chi connectivity index (χ4v) is 4.57. The molecule has 0 aromatic rings. The maximum Gasteiger partial charge on any atom is 0.336 e. The Morgan fingerprint density at radius 1 is 1.19 bits per heavy atom. The highest BCUT2D eigenvalue weighted by Gasteiger charge is 2.35. The van der Waals surface area contributed by atoms with E-state index in [0.29, 0.717) is 24.4 Å². The molecular weight excluding hydrogens is 380 g/mol. The highest BCUT2D eigenvalue weighted by atomic mass is 32.2. The summed E-state index contributed by atoms with van der Waals surface area (Å²) in [4.78, 5) is 0. The maximum absolute atomic E-state index is 11.1. The first-order valence-electron chi connectivity index (χ1n) is 8.99. The fourth-order valence-electron chi connectivity index (χ4n) is 3.09. The Hall–Kier alpha value is -0.260. The summed E-state index contributed by atoms with van der Waals surface area (Å²) < 4.78 is 54.6. The van der Waals surface area contributed by atoms with Crippen LogP contribution in [-0.2, 0) is 29.0 Å². The van der Waals surface area contributed by atoms with Crippen molar-refractivity contribution < 1.29 is 25.2 Å². The molecule has 0 spiro atoms. The van der Waals surface area contributed by atoms with Crippen molar-refractivity contribution >= 4 is 20.6 Å². The van der Waals surface area contributed by atoms with E-state index in [0.717, 1.165) is 25.7 Å². The van der Waals surface area contributed by atoms with Gasteiger partial charge < -0.3 is 0 Å². The molecule has 1 heterocycles. The summed E-state index contributed by atoms with van der Waals surface area (Å²) >= 11 is 0. The Kier molecular flexibility index (Phi) is 10.8. The zero-order valence-corrected chi connectivity index (χ0v) is 18.5. The van der Waals surface area contributed by atoms with E-state index in [1.54, 1.807) is 0 Å². The maximum atomic E-state index is 11.1. The lowest BCUT2D eigenvalue weighted by Crippen LogP contribution is -2.51. The van der Waals surface area contributed by atoms with Gasteiger partial charge in [-0.05, 0) is 50.4 Å². The molecule has 10 heteroatoms. The van der Waals surface area contributed by atoms with Crippen LogP contribution in [0.25, 0.3) is 0 Å². The summed E-state index contributed by atoms with van der Waals surface area (Å²) in [5.41, 5.74) is -0.328. The molecule has 0 bridgehead atoms. The van der Waals surface area contributed by atoms with Crippen LogP contribution in [0.1, 0.15) is 67.2 Å². The zero-order valence-electron chi connectivity index (χ0n) is 16.8. The molecule has 26 heavy (non-hydrogen) atoms. The minimum atomic E-state index is -3.75. The SMILES string of the molecule is CC(C)CC(C)CCOS(N)(=O)=O.CC(C)CC1(C)CCOS(=O)(=O)N1. The average Bonchev–Trinajstić information content (AvgIpc) is 2.33. The molecule has 0 aromatic carbocycles. The Balaban J connectivity index is 0.000000481. The molecule has 1 saturated heterocycles. The van der Waals surface area contributed by atoms with Gasteiger partial charge in [0, 0.05) is 5.54 Å². The van der Waals surface area contributed by atoms with Gasteiger partial charge in [-0.15, -0.1) is 0 Å². The van der Waals surface area contributed by atoms with E-state index in [4.69, 9.17) is 0 Å². The summed E-state index contributed by atoms with van der Waals surface area (Å²) in [6.45, 7) is 12.9. The molecule has 1 aliphatic heterocycles. The largest absolute Gasteiger partial charge is 0.336 e. The molecule has 1 rings (SSSR count). The van der Waals surface area contributed by atoms with Crippen LogP contribution in [0.2, 0.25) is 0 Å². The smallest absolute Gasteiger partial charge is 0.258 e. The highest BCUT2D eigenvalue weighted by molar-refractivity contribution is 7.84. The van der Waals surface area contributed by atoms with Crippen molar-refractivity contribution in [2.75, 3.05) is 13.2 Å². The number of hydrogen-bond donors (Lipinski definition) is 2. The first-order chi connectivity index (χ1) is 11.6. The van der Waals surface area contributed by atoms with Gasteiger partial charge in [0.05, 0.1) is 13.2 Å². The van der Waals surface area contributed by atoms with E-state index >= 15 is 0 Å². The lowest BCUT2D eigenvalue weighted by molar-refractivity contribution is 0.190. The van der Waals surface area contributed by atoms with Crippen LogP contribution in [-0.4, -0.2) is 35.6 Å². The first kappa shape index (κ1) is 25.7. The highest BCUT2D eigenvalue weighted by Crippen LogP contribution is 2.25. The molecule has 0 amide bonds. The summed E-state index contributed by atoms with van der Waals surface area (Å²) in [6, 6.07) is 0. The van der Waals surface area contributed by atoms with Crippen molar-refractivity contribution in [1.82, 2.24) is 4.72 Å². The molecule has 1 fully saturated rings. The third-order valence-corrected chi connectivity index (χ3v) is 5.57. The Bertz CT molecular complexity index is 604. The van der Waals surface area contributed by atoms with Gasteiger partial charge in [-0.3, -0.25) is 8.37 Å². The molecule has 2 unspecified atom stereocenters. The minimum Gasteiger partial charge on any atom is -0.258 e. The number of hydrogen-bond acceptors (Lipinski definition) is 6. The van der Waals surface area contributed by atoms with Crippen LogP contribution in [0.5, 0.6) is 0 Å². The van der Waals surface area contributed by atoms with Crippen LogP contribution in [0.15, 0.2) is 0 Å². The van der Waals surface area contributed by atoms with Gasteiger partial charge >= 0.3 is 20.6 Å².